The van der Waals surface area contributed by atoms with Crippen LogP contribution in [0, 0.1) is 11.3 Å². The van der Waals surface area contributed by atoms with Crippen LogP contribution in [0.1, 0.15) is 108 Å². The zero-order chi connectivity index (χ0) is 27.0. The van der Waals surface area contributed by atoms with Gasteiger partial charge in [-0.25, -0.2) is 4.79 Å². The predicted molar refractivity (Wildman–Crippen MR) is 135 cm³/mol. The molecule has 7 heteroatoms. The fourth-order valence-electron chi connectivity index (χ4n) is 6.10. The normalized spacial score (nSPS) is 24.9. The summed E-state index contributed by atoms with van der Waals surface area (Å²) < 4.78 is 17.0. The Balaban J connectivity index is 2.21. The van der Waals surface area contributed by atoms with Crippen molar-refractivity contribution in [2.75, 3.05) is 6.61 Å². The van der Waals surface area contributed by atoms with Crippen molar-refractivity contribution in [1.29, 1.82) is 0 Å². The smallest absolute Gasteiger partial charge is 0.330 e. The minimum Gasteiger partial charge on any atom is -0.462 e. The maximum absolute atomic E-state index is 13.6. The maximum atomic E-state index is 13.6. The van der Waals surface area contributed by atoms with E-state index in [1.165, 1.54) is 19.9 Å². The Kier molecular flexibility index (Phi) is 7.82. The summed E-state index contributed by atoms with van der Waals surface area (Å²) in [6.07, 6.45) is 4.14. The first-order valence-corrected chi connectivity index (χ1v) is 12.6. The number of fused-ring (bicyclic) bond motifs is 3. The number of carbonyl (C=O) groups excluding carboxylic acids is 4. The lowest BCUT2D eigenvalue weighted by Crippen LogP contribution is -2.52. The Bertz CT molecular complexity index is 1120. The molecular weight excluding hydrogens is 460 g/mol. The third-order valence-electron chi connectivity index (χ3n) is 7.64. The van der Waals surface area contributed by atoms with Gasteiger partial charge in [0.25, 0.3) is 0 Å². The van der Waals surface area contributed by atoms with E-state index in [-0.39, 0.29) is 35.7 Å². The van der Waals surface area contributed by atoms with Crippen molar-refractivity contribution in [3.63, 3.8) is 0 Å². The molecule has 0 aromatic heterocycles. The molecule has 1 fully saturated rings. The molecule has 1 aromatic carbocycles. The van der Waals surface area contributed by atoms with Crippen molar-refractivity contribution in [2.45, 2.75) is 92.4 Å². The zero-order valence-corrected chi connectivity index (χ0v) is 22.7. The van der Waals surface area contributed by atoms with Gasteiger partial charge in [-0.2, -0.15) is 0 Å². The molecule has 0 unspecified atom stereocenters. The summed E-state index contributed by atoms with van der Waals surface area (Å²) in [6.45, 7) is 14.5. The van der Waals surface area contributed by atoms with Crippen molar-refractivity contribution in [3.05, 3.63) is 34.4 Å². The lowest BCUT2D eigenvalue weighted by atomic mass is 9.49. The standard InChI is InChI=1S/C29H38O7/c1-16(2)12-24(33)34-15-28(7)10-9-11-29(8)23(28)14-22(32)21-13-20(17(3)4)26(35-18(5)30)27(25(21)29)36-19(6)31/h12-13,17,23H,9-11,14-15H2,1-8H3/t23-,28+,29-/m0/s1. The lowest BCUT2D eigenvalue weighted by Gasteiger charge is -2.54. The summed E-state index contributed by atoms with van der Waals surface area (Å²) in [5, 5.41) is 0. The summed E-state index contributed by atoms with van der Waals surface area (Å²) in [5.41, 5.74) is 1.60. The summed E-state index contributed by atoms with van der Waals surface area (Å²) in [6, 6.07) is 1.80. The SMILES string of the molecule is CC(=O)Oc1c(C(C)C)cc2c(c1OC(C)=O)[C@@]1(C)CCC[C@](C)(COC(=O)C=C(C)C)[C@@H]1CC2=O. The molecule has 36 heavy (non-hydrogen) atoms. The van der Waals surface area contributed by atoms with E-state index in [0.717, 1.165) is 24.8 Å². The molecule has 1 aromatic rings. The van der Waals surface area contributed by atoms with Gasteiger partial charge in [-0.1, -0.05) is 39.7 Å². The van der Waals surface area contributed by atoms with Crippen LogP contribution in [0.4, 0.5) is 0 Å². The quantitative estimate of drug-likeness (QED) is 0.277. The van der Waals surface area contributed by atoms with Gasteiger partial charge in [-0.15, -0.1) is 0 Å². The molecule has 3 atom stereocenters. The third-order valence-corrected chi connectivity index (χ3v) is 7.64. The van der Waals surface area contributed by atoms with Crippen LogP contribution in [0.25, 0.3) is 0 Å². The molecule has 0 radical (unpaired) electrons. The molecule has 1 saturated carbocycles. The highest BCUT2D eigenvalue weighted by Crippen LogP contribution is 2.61. The Hall–Kier alpha value is -2.96. The van der Waals surface area contributed by atoms with Crippen molar-refractivity contribution < 1.29 is 33.4 Å². The average Bonchev–Trinajstić information content (AvgIpc) is 2.74. The van der Waals surface area contributed by atoms with Crippen molar-refractivity contribution in [2.24, 2.45) is 11.3 Å². The molecule has 2 aliphatic rings. The topological polar surface area (TPSA) is 96.0 Å². The highest BCUT2D eigenvalue weighted by atomic mass is 16.6. The predicted octanol–water partition coefficient (Wildman–Crippen LogP) is 5.82. The van der Waals surface area contributed by atoms with E-state index in [4.69, 9.17) is 14.2 Å². The van der Waals surface area contributed by atoms with Crippen molar-refractivity contribution in [3.8, 4) is 11.5 Å². The zero-order valence-electron chi connectivity index (χ0n) is 22.7. The second-order valence-corrected chi connectivity index (χ2v) is 11.3. The number of carbonyl (C=O) groups is 4. The highest BCUT2D eigenvalue weighted by molar-refractivity contribution is 6.01. The highest BCUT2D eigenvalue weighted by Gasteiger charge is 2.56. The van der Waals surface area contributed by atoms with Gasteiger partial charge in [0, 0.05) is 53.9 Å². The number of rotatable bonds is 6. The number of allylic oxidation sites excluding steroid dienone is 1. The van der Waals surface area contributed by atoms with E-state index in [2.05, 4.69) is 13.8 Å². The summed E-state index contributed by atoms with van der Waals surface area (Å²) in [5.74, 6) is -1.43. The van der Waals surface area contributed by atoms with Crippen LogP contribution in [0.2, 0.25) is 0 Å². The van der Waals surface area contributed by atoms with Gasteiger partial charge in [0.15, 0.2) is 17.3 Å². The van der Waals surface area contributed by atoms with Crippen molar-refractivity contribution >= 4 is 23.7 Å². The number of esters is 3. The number of hydrogen-bond donors (Lipinski definition) is 0. The van der Waals surface area contributed by atoms with Crippen LogP contribution in [0.5, 0.6) is 11.5 Å². The maximum Gasteiger partial charge on any atom is 0.330 e. The van der Waals surface area contributed by atoms with Crippen LogP contribution < -0.4 is 9.47 Å². The van der Waals surface area contributed by atoms with Crippen LogP contribution in [0.3, 0.4) is 0 Å². The Labute approximate surface area is 213 Å². The van der Waals surface area contributed by atoms with Gasteiger partial charge in [-0.05, 0) is 44.6 Å². The van der Waals surface area contributed by atoms with E-state index in [0.29, 0.717) is 23.1 Å². The minimum atomic E-state index is -0.561. The molecule has 0 bridgehead atoms. The lowest BCUT2D eigenvalue weighted by molar-refractivity contribution is -0.145. The van der Waals surface area contributed by atoms with Gasteiger partial charge in [0.05, 0.1) is 6.61 Å². The van der Waals surface area contributed by atoms with Crippen molar-refractivity contribution in [1.82, 2.24) is 0 Å². The third kappa shape index (κ3) is 5.25. The van der Waals surface area contributed by atoms with Gasteiger partial charge >= 0.3 is 17.9 Å². The van der Waals surface area contributed by atoms with Crippen LogP contribution in [0.15, 0.2) is 17.7 Å². The summed E-state index contributed by atoms with van der Waals surface area (Å²) >= 11 is 0. The van der Waals surface area contributed by atoms with Gasteiger partial charge in [0.1, 0.15) is 0 Å². The number of benzene rings is 1. The summed E-state index contributed by atoms with van der Waals surface area (Å²) in [4.78, 5) is 50.2. The van der Waals surface area contributed by atoms with Gasteiger partial charge in [0.2, 0.25) is 0 Å². The summed E-state index contributed by atoms with van der Waals surface area (Å²) in [7, 11) is 0. The minimum absolute atomic E-state index is 0.0547. The van der Waals surface area contributed by atoms with E-state index in [9.17, 15) is 19.2 Å². The van der Waals surface area contributed by atoms with Crippen LogP contribution >= 0.6 is 0 Å². The number of ketones is 1. The Morgan fingerprint density at radius 1 is 1.03 bits per heavy atom. The van der Waals surface area contributed by atoms with E-state index in [1.807, 2.05) is 27.7 Å². The fourth-order valence-corrected chi connectivity index (χ4v) is 6.10. The van der Waals surface area contributed by atoms with Gasteiger partial charge < -0.3 is 14.2 Å². The molecule has 0 aliphatic heterocycles. The monoisotopic (exact) mass is 498 g/mol. The van der Waals surface area contributed by atoms with E-state index in [1.54, 1.807) is 6.07 Å². The molecule has 0 saturated heterocycles. The van der Waals surface area contributed by atoms with Crippen LogP contribution in [-0.2, 0) is 24.5 Å². The largest absolute Gasteiger partial charge is 0.462 e. The van der Waals surface area contributed by atoms with Gasteiger partial charge in [-0.3, -0.25) is 14.4 Å². The molecule has 3 rings (SSSR count). The molecule has 2 aliphatic carbocycles. The average molecular weight is 499 g/mol. The first-order valence-electron chi connectivity index (χ1n) is 12.6. The molecule has 196 valence electrons. The Morgan fingerprint density at radius 3 is 2.19 bits per heavy atom. The number of hydrogen-bond acceptors (Lipinski definition) is 7. The first-order chi connectivity index (χ1) is 16.7. The molecule has 7 nitrogen and oxygen atoms in total. The van der Waals surface area contributed by atoms with Crippen LogP contribution in [-0.4, -0.2) is 30.3 Å². The molecule has 0 spiro atoms. The molecule has 0 N–H and O–H groups in total. The number of Topliss-reactive ketones (excluding diaryl/α,β-unsaturated/α-hetero) is 1. The van der Waals surface area contributed by atoms with E-state index >= 15 is 0 Å². The first kappa shape index (κ1) is 27.6. The second kappa shape index (κ2) is 10.2. The molecular formula is C29H38O7. The molecule has 0 heterocycles. The molecule has 0 amide bonds. The van der Waals surface area contributed by atoms with E-state index < -0.39 is 28.7 Å². The Morgan fingerprint density at radius 2 is 1.64 bits per heavy atom. The fraction of sp³-hybridized carbons (Fsp3) is 0.586. The second-order valence-electron chi connectivity index (χ2n) is 11.3. The number of ether oxygens (including phenoxy) is 3.